The minimum Gasteiger partial charge on any atom is -0.462 e. The number of hydrogen-bond acceptors (Lipinski definition) is 5. The SMILES string of the molecule is CCOC(=O)c1c(C)ccc(NC(=O)c2ccccc2)c1C(=O)OCC. The zero-order chi connectivity index (χ0) is 19.1. The van der Waals surface area contributed by atoms with Gasteiger partial charge >= 0.3 is 11.9 Å². The third-order valence-corrected chi connectivity index (χ3v) is 3.66. The van der Waals surface area contributed by atoms with Gasteiger partial charge in [0, 0.05) is 5.56 Å². The molecule has 6 heteroatoms. The minimum atomic E-state index is -0.692. The van der Waals surface area contributed by atoms with Crippen LogP contribution in [-0.4, -0.2) is 31.1 Å². The Balaban J connectivity index is 2.51. The molecule has 2 aromatic rings. The van der Waals surface area contributed by atoms with Crippen molar-refractivity contribution < 1.29 is 23.9 Å². The number of carbonyl (C=O) groups is 3. The van der Waals surface area contributed by atoms with Crippen LogP contribution in [0, 0.1) is 6.92 Å². The summed E-state index contributed by atoms with van der Waals surface area (Å²) in [5, 5.41) is 2.68. The van der Waals surface area contributed by atoms with Crippen LogP contribution in [0.25, 0.3) is 0 Å². The largest absolute Gasteiger partial charge is 0.462 e. The van der Waals surface area contributed by atoms with Crippen LogP contribution in [0.5, 0.6) is 0 Å². The van der Waals surface area contributed by atoms with Crippen molar-refractivity contribution in [2.24, 2.45) is 0 Å². The summed E-state index contributed by atoms with van der Waals surface area (Å²) in [5.41, 5.74) is 1.28. The number of nitrogens with one attached hydrogen (secondary N) is 1. The van der Waals surface area contributed by atoms with E-state index >= 15 is 0 Å². The molecule has 136 valence electrons. The lowest BCUT2D eigenvalue weighted by Gasteiger charge is -2.16. The van der Waals surface area contributed by atoms with E-state index in [0.717, 1.165) is 0 Å². The summed E-state index contributed by atoms with van der Waals surface area (Å²) in [6.45, 7) is 5.35. The number of anilines is 1. The van der Waals surface area contributed by atoms with E-state index in [9.17, 15) is 14.4 Å². The number of ether oxygens (including phenoxy) is 2. The highest BCUT2D eigenvalue weighted by Crippen LogP contribution is 2.26. The van der Waals surface area contributed by atoms with Crippen LogP contribution < -0.4 is 5.32 Å². The van der Waals surface area contributed by atoms with Gasteiger partial charge in [-0.2, -0.15) is 0 Å². The molecule has 1 N–H and O–H groups in total. The maximum atomic E-state index is 12.5. The first-order chi connectivity index (χ1) is 12.5. The topological polar surface area (TPSA) is 81.7 Å². The molecule has 0 atom stereocenters. The first kappa shape index (κ1) is 19.2. The number of benzene rings is 2. The summed E-state index contributed by atoms with van der Waals surface area (Å²) < 4.78 is 10.1. The summed E-state index contributed by atoms with van der Waals surface area (Å²) in [6.07, 6.45) is 0. The van der Waals surface area contributed by atoms with Crippen LogP contribution in [0.4, 0.5) is 5.69 Å². The van der Waals surface area contributed by atoms with Crippen molar-refractivity contribution >= 4 is 23.5 Å². The Bertz CT molecular complexity index is 814. The summed E-state index contributed by atoms with van der Waals surface area (Å²) >= 11 is 0. The van der Waals surface area contributed by atoms with E-state index in [1.54, 1.807) is 63.2 Å². The molecule has 0 bridgehead atoms. The van der Waals surface area contributed by atoms with Gasteiger partial charge in [0.15, 0.2) is 0 Å². The second-order valence-electron chi connectivity index (χ2n) is 5.44. The van der Waals surface area contributed by atoms with Crippen molar-refractivity contribution in [3.8, 4) is 0 Å². The molecule has 26 heavy (non-hydrogen) atoms. The molecule has 2 aromatic carbocycles. The second-order valence-corrected chi connectivity index (χ2v) is 5.44. The van der Waals surface area contributed by atoms with Gasteiger partial charge in [-0.25, -0.2) is 9.59 Å². The fourth-order valence-electron chi connectivity index (χ4n) is 2.48. The van der Waals surface area contributed by atoms with E-state index in [2.05, 4.69) is 5.32 Å². The van der Waals surface area contributed by atoms with Crippen molar-refractivity contribution in [1.29, 1.82) is 0 Å². The first-order valence-electron chi connectivity index (χ1n) is 8.33. The van der Waals surface area contributed by atoms with E-state index < -0.39 is 17.8 Å². The van der Waals surface area contributed by atoms with Crippen LogP contribution in [0.1, 0.15) is 50.5 Å². The maximum Gasteiger partial charge on any atom is 0.341 e. The smallest absolute Gasteiger partial charge is 0.341 e. The van der Waals surface area contributed by atoms with Crippen molar-refractivity contribution in [2.75, 3.05) is 18.5 Å². The maximum absolute atomic E-state index is 12.5. The molecule has 0 radical (unpaired) electrons. The Labute approximate surface area is 152 Å². The van der Waals surface area contributed by atoms with Gasteiger partial charge in [0.1, 0.15) is 0 Å². The zero-order valence-electron chi connectivity index (χ0n) is 15.0. The molecule has 6 nitrogen and oxygen atoms in total. The molecule has 0 saturated heterocycles. The average molecular weight is 355 g/mol. The lowest BCUT2D eigenvalue weighted by atomic mass is 9.99. The standard InChI is InChI=1S/C20H21NO5/c1-4-25-19(23)16-13(3)11-12-15(17(16)20(24)26-5-2)21-18(22)14-9-7-6-8-10-14/h6-12H,4-5H2,1-3H3,(H,21,22). The zero-order valence-corrected chi connectivity index (χ0v) is 15.0. The van der Waals surface area contributed by atoms with E-state index in [0.29, 0.717) is 11.1 Å². The fourth-order valence-corrected chi connectivity index (χ4v) is 2.48. The Hall–Kier alpha value is -3.15. The summed E-state index contributed by atoms with van der Waals surface area (Å²) in [5.74, 6) is -1.72. The number of amides is 1. The van der Waals surface area contributed by atoms with Crippen LogP contribution in [0.15, 0.2) is 42.5 Å². The van der Waals surface area contributed by atoms with Gasteiger partial charge in [0.25, 0.3) is 5.91 Å². The minimum absolute atomic E-state index is 0.00502. The highest BCUT2D eigenvalue weighted by molar-refractivity contribution is 6.12. The monoisotopic (exact) mass is 355 g/mol. The molecule has 0 aromatic heterocycles. The molecule has 0 spiro atoms. The van der Waals surface area contributed by atoms with E-state index in [-0.39, 0.29) is 30.0 Å². The van der Waals surface area contributed by atoms with Crippen LogP contribution in [-0.2, 0) is 9.47 Å². The van der Waals surface area contributed by atoms with Crippen LogP contribution >= 0.6 is 0 Å². The number of rotatable bonds is 6. The van der Waals surface area contributed by atoms with Crippen LogP contribution in [0.3, 0.4) is 0 Å². The van der Waals surface area contributed by atoms with E-state index in [4.69, 9.17) is 9.47 Å². The number of carbonyl (C=O) groups excluding carboxylic acids is 3. The normalized spacial score (nSPS) is 10.1. The molecule has 0 fully saturated rings. The quantitative estimate of drug-likeness (QED) is 0.801. The van der Waals surface area contributed by atoms with E-state index in [1.165, 1.54) is 0 Å². The first-order valence-corrected chi connectivity index (χ1v) is 8.33. The van der Waals surface area contributed by atoms with Gasteiger partial charge in [0.05, 0.1) is 30.0 Å². The highest BCUT2D eigenvalue weighted by Gasteiger charge is 2.26. The Morgan fingerprint density at radius 2 is 1.42 bits per heavy atom. The third-order valence-electron chi connectivity index (χ3n) is 3.66. The number of esters is 2. The Morgan fingerprint density at radius 3 is 2.00 bits per heavy atom. The molecule has 0 aliphatic heterocycles. The van der Waals surface area contributed by atoms with Gasteiger partial charge in [0.2, 0.25) is 0 Å². The average Bonchev–Trinajstić information content (AvgIpc) is 2.63. The molecule has 0 aliphatic carbocycles. The Morgan fingerprint density at radius 1 is 0.846 bits per heavy atom. The summed E-state index contributed by atoms with van der Waals surface area (Å²) in [6, 6.07) is 11.8. The van der Waals surface area contributed by atoms with Gasteiger partial charge in [-0.05, 0) is 44.5 Å². The van der Waals surface area contributed by atoms with Gasteiger partial charge in [-0.1, -0.05) is 24.3 Å². The lowest BCUT2D eigenvalue weighted by molar-refractivity contribution is 0.0479. The van der Waals surface area contributed by atoms with Gasteiger partial charge < -0.3 is 14.8 Å². The molecule has 0 heterocycles. The fraction of sp³-hybridized carbons (Fsp3) is 0.250. The summed E-state index contributed by atoms with van der Waals surface area (Å²) in [7, 11) is 0. The van der Waals surface area contributed by atoms with Crippen molar-refractivity contribution in [3.05, 3.63) is 64.7 Å². The van der Waals surface area contributed by atoms with Crippen molar-refractivity contribution in [2.45, 2.75) is 20.8 Å². The molecule has 0 aliphatic rings. The highest BCUT2D eigenvalue weighted by atomic mass is 16.5. The predicted octanol–water partition coefficient (Wildman–Crippen LogP) is 3.60. The van der Waals surface area contributed by atoms with Crippen molar-refractivity contribution in [1.82, 2.24) is 0 Å². The lowest BCUT2D eigenvalue weighted by Crippen LogP contribution is -2.20. The Kier molecular flexibility index (Phi) is 6.49. The summed E-state index contributed by atoms with van der Waals surface area (Å²) in [4.78, 5) is 37.3. The molecular weight excluding hydrogens is 334 g/mol. The molecule has 2 rings (SSSR count). The van der Waals surface area contributed by atoms with Crippen LogP contribution in [0.2, 0.25) is 0 Å². The van der Waals surface area contributed by atoms with Gasteiger partial charge in [-0.3, -0.25) is 4.79 Å². The number of aryl methyl sites for hydroxylation is 1. The molecule has 0 unspecified atom stereocenters. The van der Waals surface area contributed by atoms with Crippen molar-refractivity contribution in [3.63, 3.8) is 0 Å². The second kappa shape index (κ2) is 8.80. The molecular formula is C20H21NO5. The molecule has 1 amide bonds. The molecule has 0 saturated carbocycles. The van der Waals surface area contributed by atoms with Gasteiger partial charge in [-0.15, -0.1) is 0 Å². The van der Waals surface area contributed by atoms with E-state index in [1.807, 2.05) is 0 Å². The predicted molar refractivity (Wildman–Crippen MR) is 97.5 cm³/mol. The number of hydrogen-bond donors (Lipinski definition) is 1. The third kappa shape index (κ3) is 4.27.